The maximum atomic E-state index is 13.7. The molecule has 0 spiro atoms. The maximum absolute atomic E-state index is 13.7. The van der Waals surface area contributed by atoms with E-state index in [9.17, 15) is 19.2 Å². The zero-order valence-corrected chi connectivity index (χ0v) is 23.2. The molecule has 4 rings (SSSR count). The second-order valence-electron chi connectivity index (χ2n) is 11.0. The van der Waals surface area contributed by atoms with E-state index in [0.29, 0.717) is 37.7 Å². The summed E-state index contributed by atoms with van der Waals surface area (Å²) in [7, 11) is 0. The number of nitrogens with one attached hydrogen (secondary N) is 2. The molecule has 1 aromatic heterocycles. The van der Waals surface area contributed by atoms with Crippen LogP contribution >= 0.6 is 0 Å². The lowest BCUT2D eigenvalue weighted by atomic mass is 9.80. The first-order valence-electron chi connectivity index (χ1n) is 14.1. The highest BCUT2D eigenvalue weighted by Crippen LogP contribution is 2.29. The second-order valence-corrected chi connectivity index (χ2v) is 11.0. The second kappa shape index (κ2) is 13.4. The van der Waals surface area contributed by atoms with Crippen molar-refractivity contribution in [1.29, 1.82) is 0 Å². The Hall–Kier alpha value is -4.01. The highest BCUT2D eigenvalue weighted by atomic mass is 16.4. The van der Waals surface area contributed by atoms with Gasteiger partial charge in [-0.25, -0.2) is 4.79 Å². The van der Waals surface area contributed by atoms with Crippen LogP contribution in [0, 0.1) is 5.92 Å². The Balaban J connectivity index is 1.46. The average Bonchev–Trinajstić information content (AvgIpc) is 3.31. The number of aromatic nitrogens is 2. The summed E-state index contributed by atoms with van der Waals surface area (Å²) < 4.78 is 6.31. The number of amides is 2. The summed E-state index contributed by atoms with van der Waals surface area (Å²) in [5.74, 6) is -1.37. The van der Waals surface area contributed by atoms with Crippen LogP contribution in [0.4, 0.5) is 0 Å². The van der Waals surface area contributed by atoms with Crippen molar-refractivity contribution in [3.63, 3.8) is 0 Å². The van der Waals surface area contributed by atoms with Crippen LogP contribution in [-0.2, 0) is 29.0 Å². The van der Waals surface area contributed by atoms with Gasteiger partial charge in [0.1, 0.15) is 12.1 Å². The van der Waals surface area contributed by atoms with E-state index in [2.05, 4.69) is 15.7 Å². The molecule has 1 aliphatic rings. The van der Waals surface area contributed by atoms with Gasteiger partial charge in [-0.3, -0.25) is 14.4 Å². The van der Waals surface area contributed by atoms with Gasteiger partial charge in [0.25, 0.3) is 5.91 Å². The van der Waals surface area contributed by atoms with Crippen LogP contribution < -0.4 is 16.4 Å². The Morgan fingerprint density at radius 1 is 0.950 bits per heavy atom. The standard InChI is InChI=1S/C31H38N4O5/c1-22(2)20-25(26(36)21-35-30(39)40-27(34-35)17-16-23-12-6-3-7-13-23)32-29(38)31(18-10-5-11-19-31)33-28(37)24-14-8-4-9-15-24/h3-4,6-9,12-15,22,25H,5,10-11,16-21H2,1-2H3,(H,32,38)(H,33,37)/t25-/m0/s1. The number of hydrogen-bond acceptors (Lipinski definition) is 6. The lowest BCUT2D eigenvalue weighted by molar-refractivity contribution is -0.133. The first-order chi connectivity index (χ1) is 19.3. The van der Waals surface area contributed by atoms with Crippen molar-refractivity contribution >= 4 is 17.6 Å². The zero-order chi connectivity index (χ0) is 28.5. The summed E-state index contributed by atoms with van der Waals surface area (Å²) >= 11 is 0. The topological polar surface area (TPSA) is 123 Å². The van der Waals surface area contributed by atoms with E-state index in [1.165, 1.54) is 0 Å². The normalized spacial score (nSPS) is 15.4. The van der Waals surface area contributed by atoms with Gasteiger partial charge in [0.15, 0.2) is 5.78 Å². The third kappa shape index (κ3) is 7.55. The van der Waals surface area contributed by atoms with E-state index in [1.807, 2.05) is 50.2 Å². The van der Waals surface area contributed by atoms with Gasteiger partial charge in [-0.1, -0.05) is 81.6 Å². The van der Waals surface area contributed by atoms with Gasteiger partial charge in [0.2, 0.25) is 11.8 Å². The van der Waals surface area contributed by atoms with E-state index in [4.69, 9.17) is 4.42 Å². The molecule has 0 bridgehead atoms. The minimum absolute atomic E-state index is 0.103. The number of carbonyl (C=O) groups excluding carboxylic acids is 3. The van der Waals surface area contributed by atoms with Crippen LogP contribution in [0.25, 0.3) is 0 Å². The fourth-order valence-corrected chi connectivity index (χ4v) is 5.19. The van der Waals surface area contributed by atoms with Crippen LogP contribution in [0.1, 0.15) is 74.2 Å². The number of nitrogens with zero attached hydrogens (tertiary/aromatic N) is 2. The summed E-state index contributed by atoms with van der Waals surface area (Å²) in [5.41, 5.74) is 0.464. The molecule has 2 aromatic carbocycles. The van der Waals surface area contributed by atoms with E-state index < -0.39 is 17.3 Å². The molecule has 9 heteroatoms. The molecule has 0 unspecified atom stereocenters. The fraction of sp³-hybridized carbons (Fsp3) is 0.452. The van der Waals surface area contributed by atoms with Gasteiger partial charge in [0.05, 0.1) is 6.04 Å². The highest BCUT2D eigenvalue weighted by Gasteiger charge is 2.42. The van der Waals surface area contributed by atoms with Crippen LogP contribution in [0.2, 0.25) is 0 Å². The lowest BCUT2D eigenvalue weighted by Crippen LogP contribution is -2.62. The van der Waals surface area contributed by atoms with Gasteiger partial charge in [-0.05, 0) is 49.3 Å². The zero-order valence-electron chi connectivity index (χ0n) is 23.2. The van der Waals surface area contributed by atoms with Crippen molar-refractivity contribution in [2.45, 2.75) is 83.3 Å². The number of aryl methyl sites for hydroxylation is 2. The van der Waals surface area contributed by atoms with Crippen molar-refractivity contribution < 1.29 is 18.8 Å². The number of carbonyl (C=O) groups is 3. The number of ketones is 1. The Morgan fingerprint density at radius 3 is 2.25 bits per heavy atom. The molecular formula is C31H38N4O5. The maximum Gasteiger partial charge on any atom is 0.437 e. The molecule has 0 radical (unpaired) electrons. The molecule has 212 valence electrons. The Morgan fingerprint density at radius 2 is 1.60 bits per heavy atom. The third-order valence-electron chi connectivity index (χ3n) is 7.36. The monoisotopic (exact) mass is 546 g/mol. The Kier molecular flexibility index (Phi) is 9.69. The van der Waals surface area contributed by atoms with Crippen molar-refractivity contribution in [2.75, 3.05) is 0 Å². The van der Waals surface area contributed by atoms with Crippen molar-refractivity contribution in [3.8, 4) is 0 Å². The molecule has 3 aromatic rings. The van der Waals surface area contributed by atoms with Crippen molar-refractivity contribution in [3.05, 3.63) is 88.2 Å². The van der Waals surface area contributed by atoms with E-state index >= 15 is 0 Å². The first-order valence-corrected chi connectivity index (χ1v) is 14.1. The van der Waals surface area contributed by atoms with Gasteiger partial charge < -0.3 is 15.1 Å². The first kappa shape index (κ1) is 29.0. The quantitative estimate of drug-likeness (QED) is 0.356. The number of hydrogen-bond donors (Lipinski definition) is 2. The Labute approximate surface area is 234 Å². The van der Waals surface area contributed by atoms with Crippen molar-refractivity contribution in [1.82, 2.24) is 20.4 Å². The lowest BCUT2D eigenvalue weighted by Gasteiger charge is -2.37. The summed E-state index contributed by atoms with van der Waals surface area (Å²) in [6.07, 6.45) is 5.03. The molecule has 40 heavy (non-hydrogen) atoms. The molecular weight excluding hydrogens is 508 g/mol. The molecule has 1 saturated carbocycles. The molecule has 2 N–H and O–H groups in total. The van der Waals surface area contributed by atoms with Gasteiger partial charge in [0, 0.05) is 12.0 Å². The van der Waals surface area contributed by atoms with Crippen LogP contribution in [-0.4, -0.2) is 39.0 Å². The fourth-order valence-electron chi connectivity index (χ4n) is 5.19. The Bertz CT molecular complexity index is 1340. The van der Waals surface area contributed by atoms with Gasteiger partial charge in [-0.2, -0.15) is 4.68 Å². The predicted molar refractivity (Wildman–Crippen MR) is 151 cm³/mol. The average molecular weight is 547 g/mol. The SMILES string of the molecule is CC(C)C[C@H](NC(=O)C1(NC(=O)c2ccccc2)CCCCC1)C(=O)Cn1nc(CCc2ccccc2)oc1=O. The van der Waals surface area contributed by atoms with Crippen LogP contribution in [0.5, 0.6) is 0 Å². The van der Waals surface area contributed by atoms with Gasteiger partial charge >= 0.3 is 5.76 Å². The largest absolute Gasteiger partial charge is 0.437 e. The minimum Gasteiger partial charge on any atom is -0.392 e. The summed E-state index contributed by atoms with van der Waals surface area (Å²) in [6, 6.07) is 17.7. The molecule has 0 saturated heterocycles. The molecule has 2 amide bonds. The summed E-state index contributed by atoms with van der Waals surface area (Å²) in [6.45, 7) is 3.61. The van der Waals surface area contributed by atoms with Crippen molar-refractivity contribution in [2.24, 2.45) is 5.92 Å². The predicted octanol–water partition coefficient (Wildman–Crippen LogP) is 3.85. The molecule has 1 aliphatic carbocycles. The number of Topliss-reactive ketones (excluding diaryl/α,β-unsaturated/α-hetero) is 1. The van der Waals surface area contributed by atoms with Crippen LogP contribution in [0.15, 0.2) is 69.9 Å². The van der Waals surface area contributed by atoms with Crippen LogP contribution in [0.3, 0.4) is 0 Å². The summed E-state index contributed by atoms with van der Waals surface area (Å²) in [5, 5.41) is 10.2. The number of benzene rings is 2. The third-order valence-corrected chi connectivity index (χ3v) is 7.36. The molecule has 1 atom stereocenters. The molecule has 1 heterocycles. The van der Waals surface area contributed by atoms with E-state index in [1.54, 1.807) is 24.3 Å². The van der Waals surface area contributed by atoms with E-state index in [-0.39, 0.29) is 36.0 Å². The smallest absolute Gasteiger partial charge is 0.392 e. The molecule has 1 fully saturated rings. The number of rotatable bonds is 12. The highest BCUT2D eigenvalue weighted by molar-refractivity contribution is 6.00. The molecule has 0 aliphatic heterocycles. The minimum atomic E-state index is -1.10. The van der Waals surface area contributed by atoms with Gasteiger partial charge in [-0.15, -0.1) is 5.10 Å². The molecule has 9 nitrogen and oxygen atoms in total. The van der Waals surface area contributed by atoms with E-state index in [0.717, 1.165) is 29.5 Å². The summed E-state index contributed by atoms with van der Waals surface area (Å²) in [4.78, 5) is 52.6.